The number of hydrogen-bond acceptors (Lipinski definition) is 4. The number of likely N-dealkylation sites (tertiary alicyclic amines) is 1. The van der Waals surface area contributed by atoms with Crippen LogP contribution in [0.4, 0.5) is 4.79 Å². The number of carbonyl (C=O) groups excluding carboxylic acids is 1. The molecule has 1 spiro atoms. The van der Waals surface area contributed by atoms with Gasteiger partial charge >= 0.3 is 6.09 Å². The zero-order chi connectivity index (χ0) is 17.6. The number of nitrogens with zero attached hydrogens (tertiary/aromatic N) is 4. The van der Waals surface area contributed by atoms with E-state index in [0.717, 1.165) is 44.8 Å². The van der Waals surface area contributed by atoms with Crippen LogP contribution in [0.25, 0.3) is 5.57 Å². The van der Waals surface area contributed by atoms with E-state index in [1.807, 2.05) is 11.1 Å². The molecule has 1 saturated heterocycles. The number of rotatable bonds is 2. The Kier molecular flexibility index (Phi) is 4.10. The van der Waals surface area contributed by atoms with E-state index >= 15 is 0 Å². The molecule has 1 amide bonds. The normalized spacial score (nSPS) is 29.6. The first kappa shape index (κ1) is 16.6. The molecule has 1 aromatic rings. The molecule has 0 radical (unpaired) electrons. The number of aryl methyl sites for hydroxylation is 1. The van der Waals surface area contributed by atoms with Crippen molar-refractivity contribution in [3.63, 3.8) is 0 Å². The molecule has 2 fully saturated rings. The second-order valence-corrected chi connectivity index (χ2v) is 7.96. The van der Waals surface area contributed by atoms with Gasteiger partial charge in [0.25, 0.3) is 0 Å². The summed E-state index contributed by atoms with van der Waals surface area (Å²) in [4.78, 5) is 20.7. The fourth-order valence-corrected chi connectivity index (χ4v) is 4.76. The van der Waals surface area contributed by atoms with Crippen LogP contribution in [0.5, 0.6) is 0 Å². The van der Waals surface area contributed by atoms with Crippen molar-refractivity contribution in [3.8, 4) is 0 Å². The van der Waals surface area contributed by atoms with Crippen molar-refractivity contribution in [2.45, 2.75) is 38.6 Å². The monoisotopic (exact) mass is 344 g/mol. The lowest BCUT2D eigenvalue weighted by atomic mass is 9.64. The molecule has 6 nitrogen and oxygen atoms in total. The van der Waals surface area contributed by atoms with Gasteiger partial charge in [-0.3, -0.25) is 4.90 Å². The highest BCUT2D eigenvalue weighted by Gasteiger charge is 2.51. The van der Waals surface area contributed by atoms with Gasteiger partial charge in [0.2, 0.25) is 0 Å². The summed E-state index contributed by atoms with van der Waals surface area (Å²) >= 11 is 0. The van der Waals surface area contributed by atoms with Crippen LogP contribution in [0.15, 0.2) is 12.3 Å². The number of hydrogen-bond donors (Lipinski definition) is 0. The number of methoxy groups -OCH3 is 1. The second kappa shape index (κ2) is 6.16. The van der Waals surface area contributed by atoms with E-state index in [4.69, 9.17) is 4.74 Å². The van der Waals surface area contributed by atoms with E-state index < -0.39 is 0 Å². The number of amides is 1. The van der Waals surface area contributed by atoms with Crippen molar-refractivity contribution in [3.05, 3.63) is 23.8 Å². The standard InChI is InChI=1S/C19H28N4O2/c1-14-12-20-17(21(14)2)15-4-7-22(8-5-15)16-10-19(11-16)6-9-23(13-19)18(24)25-3/h4,12,16H,5-11,13H2,1-3H3. The Balaban J connectivity index is 1.33. The molecule has 136 valence electrons. The molecule has 0 N–H and O–H groups in total. The molecule has 3 heterocycles. The van der Waals surface area contributed by atoms with E-state index in [-0.39, 0.29) is 6.09 Å². The van der Waals surface area contributed by atoms with Crippen molar-refractivity contribution in [1.82, 2.24) is 19.4 Å². The summed E-state index contributed by atoms with van der Waals surface area (Å²) in [6.45, 7) is 5.95. The fourth-order valence-electron chi connectivity index (χ4n) is 4.76. The highest BCUT2D eigenvalue weighted by atomic mass is 16.5. The summed E-state index contributed by atoms with van der Waals surface area (Å²) in [6, 6.07) is 0.665. The van der Waals surface area contributed by atoms with Gasteiger partial charge in [0.05, 0.1) is 7.11 Å². The lowest BCUT2D eigenvalue weighted by Crippen LogP contribution is -2.53. The highest BCUT2D eigenvalue weighted by Crippen LogP contribution is 2.50. The van der Waals surface area contributed by atoms with Crippen LogP contribution >= 0.6 is 0 Å². The first-order valence-corrected chi connectivity index (χ1v) is 9.26. The Hall–Kier alpha value is -1.82. The van der Waals surface area contributed by atoms with Crippen molar-refractivity contribution in [1.29, 1.82) is 0 Å². The summed E-state index contributed by atoms with van der Waals surface area (Å²) in [5.41, 5.74) is 2.92. The molecule has 0 unspecified atom stereocenters. The van der Waals surface area contributed by atoms with Crippen molar-refractivity contribution < 1.29 is 9.53 Å². The molecule has 1 aliphatic carbocycles. The smallest absolute Gasteiger partial charge is 0.409 e. The number of aromatic nitrogens is 2. The van der Waals surface area contributed by atoms with Gasteiger partial charge in [0.15, 0.2) is 0 Å². The molecular weight excluding hydrogens is 316 g/mol. The molecular formula is C19H28N4O2. The lowest BCUT2D eigenvalue weighted by molar-refractivity contribution is 0.0122. The van der Waals surface area contributed by atoms with Crippen molar-refractivity contribution in [2.24, 2.45) is 12.5 Å². The average molecular weight is 344 g/mol. The molecule has 1 aromatic heterocycles. The Bertz CT molecular complexity index is 702. The summed E-state index contributed by atoms with van der Waals surface area (Å²) in [5.74, 6) is 1.12. The molecule has 0 atom stereocenters. The van der Waals surface area contributed by atoms with Gasteiger partial charge in [0.1, 0.15) is 5.82 Å². The molecule has 0 aromatic carbocycles. The van der Waals surface area contributed by atoms with Gasteiger partial charge in [0, 0.05) is 51.2 Å². The van der Waals surface area contributed by atoms with Crippen LogP contribution in [0.1, 0.15) is 37.2 Å². The summed E-state index contributed by atoms with van der Waals surface area (Å²) in [5, 5.41) is 0. The van der Waals surface area contributed by atoms with Gasteiger partial charge in [-0.25, -0.2) is 9.78 Å². The minimum Gasteiger partial charge on any atom is -0.453 e. The van der Waals surface area contributed by atoms with Crippen LogP contribution in [0.2, 0.25) is 0 Å². The van der Waals surface area contributed by atoms with Crippen molar-refractivity contribution >= 4 is 11.7 Å². The minimum absolute atomic E-state index is 0.170. The largest absolute Gasteiger partial charge is 0.453 e. The first-order valence-electron chi connectivity index (χ1n) is 9.26. The summed E-state index contributed by atoms with van der Waals surface area (Å²) in [7, 11) is 3.56. The zero-order valence-electron chi connectivity index (χ0n) is 15.5. The van der Waals surface area contributed by atoms with E-state index in [1.54, 1.807) is 0 Å². The minimum atomic E-state index is -0.170. The maximum Gasteiger partial charge on any atom is 0.409 e. The maximum atomic E-state index is 11.7. The Morgan fingerprint density at radius 2 is 2.16 bits per heavy atom. The Labute approximate surface area is 149 Å². The van der Waals surface area contributed by atoms with E-state index in [0.29, 0.717) is 11.5 Å². The van der Waals surface area contributed by atoms with Crippen LogP contribution < -0.4 is 0 Å². The van der Waals surface area contributed by atoms with E-state index in [9.17, 15) is 4.79 Å². The molecule has 6 heteroatoms. The summed E-state index contributed by atoms with van der Waals surface area (Å²) < 4.78 is 7.05. The second-order valence-electron chi connectivity index (χ2n) is 7.96. The third kappa shape index (κ3) is 2.86. The van der Waals surface area contributed by atoms with E-state index in [2.05, 4.69) is 34.5 Å². The Morgan fingerprint density at radius 1 is 1.36 bits per heavy atom. The molecule has 3 aliphatic rings. The zero-order valence-corrected chi connectivity index (χ0v) is 15.5. The third-order valence-electron chi connectivity index (χ3n) is 6.47. The SMILES string of the molecule is COC(=O)N1CCC2(CC(N3CC=C(c4ncc(C)n4C)CC3)C2)C1. The first-order chi connectivity index (χ1) is 12.0. The van der Waals surface area contributed by atoms with Gasteiger partial charge in [-0.15, -0.1) is 0 Å². The van der Waals surface area contributed by atoms with Crippen LogP contribution in [0.3, 0.4) is 0 Å². The van der Waals surface area contributed by atoms with Gasteiger partial charge in [-0.2, -0.15) is 0 Å². The highest BCUT2D eigenvalue weighted by molar-refractivity contribution is 5.68. The van der Waals surface area contributed by atoms with Crippen LogP contribution in [-0.4, -0.2) is 64.8 Å². The molecule has 1 saturated carbocycles. The van der Waals surface area contributed by atoms with Crippen molar-refractivity contribution in [2.75, 3.05) is 33.3 Å². The van der Waals surface area contributed by atoms with E-state index in [1.165, 1.54) is 31.2 Å². The summed E-state index contributed by atoms with van der Waals surface area (Å²) in [6.07, 6.45) is 8.76. The molecule has 0 bridgehead atoms. The lowest BCUT2D eigenvalue weighted by Gasteiger charge is -2.50. The molecule has 25 heavy (non-hydrogen) atoms. The predicted octanol–water partition coefficient (Wildman–Crippen LogP) is 2.44. The predicted molar refractivity (Wildman–Crippen MR) is 96.2 cm³/mol. The van der Waals surface area contributed by atoms with Crippen LogP contribution in [0, 0.1) is 12.3 Å². The van der Waals surface area contributed by atoms with Gasteiger partial charge < -0.3 is 14.2 Å². The fraction of sp³-hybridized carbons (Fsp3) is 0.684. The average Bonchev–Trinajstić information content (AvgIpc) is 3.18. The van der Waals surface area contributed by atoms with Gasteiger partial charge in [-0.1, -0.05) is 6.08 Å². The van der Waals surface area contributed by atoms with Gasteiger partial charge in [-0.05, 0) is 43.6 Å². The maximum absolute atomic E-state index is 11.7. The quantitative estimate of drug-likeness (QED) is 0.827. The third-order valence-corrected chi connectivity index (χ3v) is 6.47. The molecule has 4 rings (SSSR count). The number of imidazole rings is 1. The Morgan fingerprint density at radius 3 is 2.76 bits per heavy atom. The molecule has 2 aliphatic heterocycles. The number of ether oxygens (including phenoxy) is 1. The topological polar surface area (TPSA) is 50.6 Å². The van der Waals surface area contributed by atoms with Crippen LogP contribution in [-0.2, 0) is 11.8 Å². The number of carbonyl (C=O) groups is 1.